The number of ether oxygens (including phenoxy) is 1. The lowest BCUT2D eigenvalue weighted by Gasteiger charge is -2.10. The molecule has 0 aliphatic carbocycles. The Morgan fingerprint density at radius 2 is 1.71 bits per heavy atom. The molecule has 0 unspecified atom stereocenters. The standard InChI is InChI=1S/C18H21N3O3/c1-13(2)24-16-5-3-15(4-6-16)18(23)21-12-17(22)20-11-14-7-9-19-10-8-14/h3-10,13H,11-12H2,1-2H3,(H,20,22)(H,21,23). The molecule has 0 atom stereocenters. The number of nitrogens with zero attached hydrogens (tertiary/aromatic N) is 1. The fourth-order valence-electron chi connectivity index (χ4n) is 1.98. The first-order valence-electron chi connectivity index (χ1n) is 7.75. The summed E-state index contributed by atoms with van der Waals surface area (Å²) in [6.45, 7) is 4.20. The number of hydrogen-bond donors (Lipinski definition) is 2. The van der Waals surface area contributed by atoms with Gasteiger partial charge in [0, 0.05) is 24.5 Å². The maximum Gasteiger partial charge on any atom is 0.251 e. The second kappa shape index (κ2) is 8.67. The third-order valence-electron chi connectivity index (χ3n) is 3.14. The van der Waals surface area contributed by atoms with Crippen molar-refractivity contribution in [3.63, 3.8) is 0 Å². The van der Waals surface area contributed by atoms with E-state index in [1.54, 1.807) is 36.7 Å². The minimum atomic E-state index is -0.301. The molecular formula is C18H21N3O3. The Balaban J connectivity index is 1.76. The quantitative estimate of drug-likeness (QED) is 0.814. The third-order valence-corrected chi connectivity index (χ3v) is 3.14. The van der Waals surface area contributed by atoms with Crippen LogP contribution in [0.15, 0.2) is 48.8 Å². The SMILES string of the molecule is CC(C)Oc1ccc(C(=O)NCC(=O)NCc2ccncc2)cc1. The maximum absolute atomic E-state index is 12.0. The van der Waals surface area contributed by atoms with Crippen molar-refractivity contribution in [2.24, 2.45) is 0 Å². The lowest BCUT2D eigenvalue weighted by atomic mass is 10.2. The molecule has 2 N–H and O–H groups in total. The summed E-state index contributed by atoms with van der Waals surface area (Å²) >= 11 is 0. The molecule has 0 aliphatic heterocycles. The van der Waals surface area contributed by atoms with Gasteiger partial charge in [-0.25, -0.2) is 0 Å². The van der Waals surface area contributed by atoms with Crippen LogP contribution in [-0.2, 0) is 11.3 Å². The Hall–Kier alpha value is -2.89. The molecule has 1 heterocycles. The van der Waals surface area contributed by atoms with E-state index in [0.717, 1.165) is 5.56 Å². The first-order chi connectivity index (χ1) is 11.5. The lowest BCUT2D eigenvalue weighted by molar-refractivity contribution is -0.120. The topological polar surface area (TPSA) is 80.3 Å². The van der Waals surface area contributed by atoms with Crippen LogP contribution in [0, 0.1) is 0 Å². The van der Waals surface area contributed by atoms with E-state index in [2.05, 4.69) is 15.6 Å². The molecule has 0 saturated heterocycles. The second-order valence-corrected chi connectivity index (χ2v) is 5.51. The van der Waals surface area contributed by atoms with Gasteiger partial charge in [0.15, 0.2) is 0 Å². The number of pyridine rings is 1. The van der Waals surface area contributed by atoms with E-state index in [0.29, 0.717) is 17.9 Å². The van der Waals surface area contributed by atoms with Crippen LogP contribution in [0.5, 0.6) is 5.75 Å². The second-order valence-electron chi connectivity index (χ2n) is 5.51. The minimum absolute atomic E-state index is 0.0752. The van der Waals surface area contributed by atoms with Crippen molar-refractivity contribution in [1.82, 2.24) is 15.6 Å². The van der Waals surface area contributed by atoms with Crippen LogP contribution < -0.4 is 15.4 Å². The predicted molar refractivity (Wildman–Crippen MR) is 90.6 cm³/mol. The molecule has 6 nitrogen and oxygen atoms in total. The van der Waals surface area contributed by atoms with E-state index in [4.69, 9.17) is 4.74 Å². The average Bonchev–Trinajstić information content (AvgIpc) is 2.59. The van der Waals surface area contributed by atoms with Crippen LogP contribution in [0.1, 0.15) is 29.8 Å². The summed E-state index contributed by atoms with van der Waals surface area (Å²) in [6, 6.07) is 10.4. The Bertz CT molecular complexity index is 670. The smallest absolute Gasteiger partial charge is 0.251 e. The van der Waals surface area contributed by atoms with Gasteiger partial charge in [-0.2, -0.15) is 0 Å². The predicted octanol–water partition coefficient (Wildman–Crippen LogP) is 1.91. The van der Waals surface area contributed by atoms with Crippen molar-refractivity contribution in [1.29, 1.82) is 0 Å². The van der Waals surface area contributed by atoms with Gasteiger partial charge in [-0.1, -0.05) is 0 Å². The molecule has 0 fully saturated rings. The van der Waals surface area contributed by atoms with Crippen LogP contribution >= 0.6 is 0 Å². The van der Waals surface area contributed by atoms with Gasteiger partial charge in [0.1, 0.15) is 5.75 Å². The highest BCUT2D eigenvalue weighted by Gasteiger charge is 2.08. The Kier molecular flexibility index (Phi) is 6.31. The average molecular weight is 327 g/mol. The van der Waals surface area contributed by atoms with Crippen LogP contribution in [-0.4, -0.2) is 29.4 Å². The summed E-state index contributed by atoms with van der Waals surface area (Å²) in [6.07, 6.45) is 3.40. The summed E-state index contributed by atoms with van der Waals surface area (Å²) < 4.78 is 5.52. The minimum Gasteiger partial charge on any atom is -0.491 e. The normalized spacial score (nSPS) is 10.3. The van der Waals surface area contributed by atoms with Gasteiger partial charge < -0.3 is 15.4 Å². The monoisotopic (exact) mass is 327 g/mol. The molecule has 6 heteroatoms. The van der Waals surface area contributed by atoms with E-state index >= 15 is 0 Å². The number of carbonyl (C=O) groups is 2. The van der Waals surface area contributed by atoms with Crippen molar-refractivity contribution in [3.05, 3.63) is 59.9 Å². The molecule has 1 aromatic heterocycles. The number of hydrogen-bond acceptors (Lipinski definition) is 4. The first-order valence-corrected chi connectivity index (χ1v) is 7.75. The molecule has 1 aromatic carbocycles. The van der Waals surface area contributed by atoms with E-state index in [9.17, 15) is 9.59 Å². The van der Waals surface area contributed by atoms with E-state index in [1.807, 2.05) is 26.0 Å². The number of benzene rings is 1. The van der Waals surface area contributed by atoms with Crippen molar-refractivity contribution in [2.45, 2.75) is 26.5 Å². The largest absolute Gasteiger partial charge is 0.491 e. The van der Waals surface area contributed by atoms with E-state index in [1.165, 1.54) is 0 Å². The van der Waals surface area contributed by atoms with Gasteiger partial charge in [-0.05, 0) is 55.8 Å². The highest BCUT2D eigenvalue weighted by Crippen LogP contribution is 2.13. The third kappa shape index (κ3) is 5.72. The molecule has 2 aromatic rings. The zero-order valence-electron chi connectivity index (χ0n) is 13.8. The van der Waals surface area contributed by atoms with Gasteiger partial charge in [0.25, 0.3) is 5.91 Å². The Labute approximate surface area is 141 Å². The molecule has 0 saturated carbocycles. The molecular weight excluding hydrogens is 306 g/mol. The van der Waals surface area contributed by atoms with Crippen LogP contribution in [0.4, 0.5) is 0 Å². The molecule has 0 spiro atoms. The number of aromatic nitrogens is 1. The molecule has 2 amide bonds. The van der Waals surface area contributed by atoms with Gasteiger partial charge in [0.2, 0.25) is 5.91 Å². The van der Waals surface area contributed by atoms with Gasteiger partial charge in [0.05, 0.1) is 12.6 Å². The molecule has 2 rings (SSSR count). The summed E-state index contributed by atoms with van der Waals surface area (Å²) in [5.74, 6) is 0.154. The van der Waals surface area contributed by atoms with Crippen LogP contribution in [0.25, 0.3) is 0 Å². The van der Waals surface area contributed by atoms with Crippen molar-refractivity contribution < 1.29 is 14.3 Å². The summed E-state index contributed by atoms with van der Waals surface area (Å²) in [5.41, 5.74) is 1.43. The maximum atomic E-state index is 12.0. The van der Waals surface area contributed by atoms with Crippen LogP contribution in [0.3, 0.4) is 0 Å². The summed E-state index contributed by atoms with van der Waals surface area (Å²) in [4.78, 5) is 27.7. The fraction of sp³-hybridized carbons (Fsp3) is 0.278. The Morgan fingerprint density at radius 1 is 1.04 bits per heavy atom. The van der Waals surface area contributed by atoms with Gasteiger partial charge in [-0.15, -0.1) is 0 Å². The van der Waals surface area contributed by atoms with Gasteiger partial charge in [-0.3, -0.25) is 14.6 Å². The zero-order chi connectivity index (χ0) is 17.4. The first kappa shape index (κ1) is 17.5. The van der Waals surface area contributed by atoms with Crippen LogP contribution in [0.2, 0.25) is 0 Å². The highest BCUT2D eigenvalue weighted by molar-refractivity contribution is 5.96. The molecule has 0 bridgehead atoms. The van der Waals surface area contributed by atoms with Crippen molar-refractivity contribution in [2.75, 3.05) is 6.54 Å². The molecule has 24 heavy (non-hydrogen) atoms. The van der Waals surface area contributed by atoms with E-state index < -0.39 is 0 Å². The Morgan fingerprint density at radius 3 is 2.33 bits per heavy atom. The van der Waals surface area contributed by atoms with Crippen molar-refractivity contribution in [3.8, 4) is 5.75 Å². The zero-order valence-corrected chi connectivity index (χ0v) is 13.8. The van der Waals surface area contributed by atoms with Crippen molar-refractivity contribution >= 4 is 11.8 Å². The molecule has 126 valence electrons. The molecule has 0 aliphatic rings. The van der Waals surface area contributed by atoms with Gasteiger partial charge >= 0.3 is 0 Å². The number of nitrogens with one attached hydrogen (secondary N) is 2. The molecule has 0 radical (unpaired) electrons. The highest BCUT2D eigenvalue weighted by atomic mass is 16.5. The van der Waals surface area contributed by atoms with E-state index in [-0.39, 0.29) is 24.5 Å². The summed E-state index contributed by atoms with van der Waals surface area (Å²) in [5, 5.41) is 5.33. The number of amides is 2. The number of rotatable bonds is 7. The lowest BCUT2D eigenvalue weighted by Crippen LogP contribution is -2.36. The summed E-state index contributed by atoms with van der Waals surface area (Å²) in [7, 11) is 0. The number of carbonyl (C=O) groups excluding carboxylic acids is 2. The fourth-order valence-corrected chi connectivity index (χ4v) is 1.98.